The summed E-state index contributed by atoms with van der Waals surface area (Å²) in [6.07, 6.45) is 3.42. The Hall–Kier alpha value is -2.02. The van der Waals surface area contributed by atoms with Gasteiger partial charge in [-0.3, -0.25) is 14.5 Å². The van der Waals surface area contributed by atoms with Gasteiger partial charge in [-0.2, -0.15) is 0 Å². The molecule has 3 rings (SSSR count). The quantitative estimate of drug-likeness (QED) is 0.798. The van der Waals surface area contributed by atoms with Gasteiger partial charge in [-0.1, -0.05) is 0 Å². The maximum atomic E-state index is 13.7. The Morgan fingerprint density at radius 1 is 1.33 bits per heavy atom. The lowest BCUT2D eigenvalue weighted by Gasteiger charge is -2.17. The molecule has 1 aliphatic heterocycles. The number of imidazole rings is 1. The number of hydrogen-bond donors (Lipinski definition) is 0. The topological polar surface area (TPSA) is 55.2 Å². The minimum Gasteiger partial charge on any atom is -0.334 e. The predicted molar refractivity (Wildman–Crippen MR) is 77.5 cm³/mol. The van der Waals surface area contributed by atoms with Gasteiger partial charge < -0.3 is 4.57 Å². The van der Waals surface area contributed by atoms with Crippen LogP contribution in [0.15, 0.2) is 29.0 Å². The standard InChI is InChI=1S/C14H11BrFN3O2/c1-2-18-4-3-17-12(18)7-19-11-6-10(16)9(15)5-8(11)13(20)14(19)21/h3-6H,2,7H2,1H3. The van der Waals surface area contributed by atoms with E-state index < -0.39 is 17.5 Å². The summed E-state index contributed by atoms with van der Waals surface area (Å²) in [5.41, 5.74) is 0.499. The smallest absolute Gasteiger partial charge is 0.299 e. The van der Waals surface area contributed by atoms with Gasteiger partial charge in [0, 0.05) is 18.9 Å². The number of anilines is 1. The van der Waals surface area contributed by atoms with Crippen molar-refractivity contribution in [3.05, 3.63) is 46.2 Å². The third-order valence-electron chi connectivity index (χ3n) is 3.46. The molecular weight excluding hydrogens is 341 g/mol. The van der Waals surface area contributed by atoms with Gasteiger partial charge in [-0.25, -0.2) is 9.37 Å². The van der Waals surface area contributed by atoms with Crippen molar-refractivity contribution in [3.63, 3.8) is 0 Å². The minimum absolute atomic E-state index is 0.138. The molecule has 0 saturated heterocycles. The van der Waals surface area contributed by atoms with Gasteiger partial charge in [-0.05, 0) is 35.0 Å². The molecular formula is C14H11BrFN3O2. The molecule has 0 spiro atoms. The Bertz CT molecular complexity index is 757. The first-order chi connectivity index (χ1) is 10.0. The van der Waals surface area contributed by atoms with Crippen LogP contribution in [0.3, 0.4) is 0 Å². The number of amides is 1. The fraction of sp³-hybridized carbons (Fsp3) is 0.214. The second-order valence-corrected chi connectivity index (χ2v) is 5.49. The monoisotopic (exact) mass is 351 g/mol. The Kier molecular flexibility index (Phi) is 3.36. The molecule has 0 bridgehead atoms. The average molecular weight is 352 g/mol. The van der Waals surface area contributed by atoms with Gasteiger partial charge in [0.05, 0.1) is 22.3 Å². The highest BCUT2D eigenvalue weighted by Crippen LogP contribution is 2.34. The maximum Gasteiger partial charge on any atom is 0.299 e. The molecule has 0 unspecified atom stereocenters. The summed E-state index contributed by atoms with van der Waals surface area (Å²) in [7, 11) is 0. The molecule has 2 aromatic rings. The van der Waals surface area contributed by atoms with Gasteiger partial charge in [0.25, 0.3) is 11.7 Å². The molecule has 7 heteroatoms. The van der Waals surface area contributed by atoms with Crippen LogP contribution >= 0.6 is 15.9 Å². The van der Waals surface area contributed by atoms with Crippen molar-refractivity contribution in [2.24, 2.45) is 0 Å². The van der Waals surface area contributed by atoms with E-state index in [2.05, 4.69) is 20.9 Å². The number of hydrogen-bond acceptors (Lipinski definition) is 3. The lowest BCUT2D eigenvalue weighted by molar-refractivity contribution is -0.114. The highest BCUT2D eigenvalue weighted by molar-refractivity contribution is 9.10. The molecule has 0 atom stereocenters. The Balaban J connectivity index is 2.03. The second-order valence-electron chi connectivity index (χ2n) is 4.63. The molecule has 0 N–H and O–H groups in total. The Morgan fingerprint density at radius 3 is 2.81 bits per heavy atom. The Labute approximate surface area is 128 Å². The number of nitrogens with zero attached hydrogens (tertiary/aromatic N) is 3. The van der Waals surface area contributed by atoms with Gasteiger partial charge in [0.1, 0.15) is 11.6 Å². The molecule has 0 saturated carbocycles. The lowest BCUT2D eigenvalue weighted by Crippen LogP contribution is -2.30. The zero-order chi connectivity index (χ0) is 15.1. The number of benzene rings is 1. The van der Waals surface area contributed by atoms with Gasteiger partial charge in [-0.15, -0.1) is 0 Å². The van der Waals surface area contributed by atoms with Gasteiger partial charge >= 0.3 is 0 Å². The summed E-state index contributed by atoms with van der Waals surface area (Å²) in [4.78, 5) is 29.5. The number of fused-ring (bicyclic) bond motifs is 1. The zero-order valence-corrected chi connectivity index (χ0v) is 12.7. The van der Waals surface area contributed by atoms with Crippen molar-refractivity contribution in [2.75, 3.05) is 4.90 Å². The highest BCUT2D eigenvalue weighted by Gasteiger charge is 2.37. The normalized spacial score (nSPS) is 14.0. The summed E-state index contributed by atoms with van der Waals surface area (Å²) < 4.78 is 15.7. The molecule has 0 aliphatic carbocycles. The first-order valence-corrected chi connectivity index (χ1v) is 7.17. The van der Waals surface area contributed by atoms with Crippen LogP contribution in [0.2, 0.25) is 0 Å². The SMILES string of the molecule is CCn1ccnc1CN1C(=O)C(=O)c2cc(Br)c(F)cc21. The molecule has 1 aromatic heterocycles. The molecule has 1 aliphatic rings. The summed E-state index contributed by atoms with van der Waals surface area (Å²) in [6.45, 7) is 2.79. The molecule has 0 radical (unpaired) electrons. The van der Waals surface area contributed by atoms with Crippen molar-refractivity contribution < 1.29 is 14.0 Å². The van der Waals surface area contributed by atoms with E-state index in [1.807, 2.05) is 11.5 Å². The third kappa shape index (κ3) is 2.17. The van der Waals surface area contributed by atoms with Crippen LogP contribution in [-0.2, 0) is 17.9 Å². The van der Waals surface area contributed by atoms with E-state index >= 15 is 0 Å². The van der Waals surface area contributed by atoms with E-state index in [0.717, 1.165) is 0 Å². The van der Waals surface area contributed by atoms with Crippen LogP contribution in [-0.4, -0.2) is 21.2 Å². The van der Waals surface area contributed by atoms with Crippen LogP contribution in [0.4, 0.5) is 10.1 Å². The second kappa shape index (κ2) is 5.07. The highest BCUT2D eigenvalue weighted by atomic mass is 79.9. The first kappa shape index (κ1) is 13.9. The molecule has 1 amide bonds. The van der Waals surface area contributed by atoms with E-state index in [-0.39, 0.29) is 22.3 Å². The summed E-state index contributed by atoms with van der Waals surface area (Å²) in [5.74, 6) is -1.15. The van der Waals surface area contributed by atoms with E-state index in [1.54, 1.807) is 12.4 Å². The third-order valence-corrected chi connectivity index (χ3v) is 4.06. The van der Waals surface area contributed by atoms with Crippen molar-refractivity contribution >= 4 is 33.3 Å². The van der Waals surface area contributed by atoms with Crippen molar-refractivity contribution in [2.45, 2.75) is 20.0 Å². The lowest BCUT2D eigenvalue weighted by atomic mass is 10.1. The number of aryl methyl sites for hydroxylation is 1. The molecule has 5 nitrogen and oxygen atoms in total. The summed E-state index contributed by atoms with van der Waals surface area (Å²) >= 11 is 3.03. The van der Waals surface area contributed by atoms with E-state index in [4.69, 9.17) is 0 Å². The fourth-order valence-corrected chi connectivity index (χ4v) is 2.71. The van der Waals surface area contributed by atoms with Gasteiger partial charge in [0.15, 0.2) is 0 Å². The van der Waals surface area contributed by atoms with E-state index in [1.165, 1.54) is 17.0 Å². The molecule has 2 heterocycles. The number of carbonyl (C=O) groups excluding carboxylic acids is 2. The Morgan fingerprint density at radius 2 is 2.10 bits per heavy atom. The maximum absolute atomic E-state index is 13.7. The zero-order valence-electron chi connectivity index (χ0n) is 11.1. The first-order valence-electron chi connectivity index (χ1n) is 6.38. The number of ketones is 1. The predicted octanol–water partition coefficient (Wildman–Crippen LogP) is 2.53. The number of halogens is 2. The van der Waals surface area contributed by atoms with Crippen molar-refractivity contribution in [1.82, 2.24) is 9.55 Å². The molecule has 1 aromatic carbocycles. The van der Waals surface area contributed by atoms with Crippen LogP contribution in [0.1, 0.15) is 23.1 Å². The largest absolute Gasteiger partial charge is 0.334 e. The molecule has 0 fully saturated rings. The average Bonchev–Trinajstić information content (AvgIpc) is 3.00. The van der Waals surface area contributed by atoms with Crippen LogP contribution < -0.4 is 4.90 Å². The molecule has 21 heavy (non-hydrogen) atoms. The van der Waals surface area contributed by atoms with Crippen molar-refractivity contribution in [1.29, 1.82) is 0 Å². The summed E-state index contributed by atoms with van der Waals surface area (Å²) in [6, 6.07) is 2.54. The van der Waals surface area contributed by atoms with E-state index in [0.29, 0.717) is 12.4 Å². The molecule has 108 valence electrons. The van der Waals surface area contributed by atoms with Gasteiger partial charge in [0.2, 0.25) is 0 Å². The number of rotatable bonds is 3. The number of carbonyl (C=O) groups is 2. The summed E-state index contributed by atoms with van der Waals surface area (Å²) in [5, 5.41) is 0. The van der Waals surface area contributed by atoms with Crippen LogP contribution in [0, 0.1) is 5.82 Å². The fourth-order valence-electron chi connectivity index (χ4n) is 2.37. The number of Topliss-reactive ketones (excluding diaryl/α,β-unsaturated/α-hetero) is 1. The minimum atomic E-state index is -0.659. The van der Waals surface area contributed by atoms with Crippen LogP contribution in [0.25, 0.3) is 0 Å². The van der Waals surface area contributed by atoms with Crippen molar-refractivity contribution in [3.8, 4) is 0 Å². The van der Waals surface area contributed by atoms with E-state index in [9.17, 15) is 14.0 Å². The number of aromatic nitrogens is 2. The van der Waals surface area contributed by atoms with Crippen LogP contribution in [0.5, 0.6) is 0 Å².